The van der Waals surface area contributed by atoms with E-state index in [1.165, 1.54) is 12.8 Å². The summed E-state index contributed by atoms with van der Waals surface area (Å²) in [6.07, 6.45) is 9.50. The molecule has 19 heavy (non-hydrogen) atoms. The van der Waals surface area contributed by atoms with Crippen molar-refractivity contribution < 1.29 is 14.2 Å². The Morgan fingerprint density at radius 2 is 1.74 bits per heavy atom. The Kier molecular flexibility index (Phi) is 10.7. The lowest BCUT2D eigenvalue weighted by atomic mass is 10.2. The second kappa shape index (κ2) is 12.4. The van der Waals surface area contributed by atoms with Gasteiger partial charge in [-0.15, -0.1) is 0 Å². The fraction of sp³-hybridized carbons (Fsp3) is 0.933. The van der Waals surface area contributed by atoms with Crippen LogP contribution in [0, 0.1) is 11.3 Å². The van der Waals surface area contributed by atoms with Gasteiger partial charge in [0.2, 0.25) is 0 Å². The minimum Gasteiger partial charge on any atom is -0.381 e. The van der Waals surface area contributed by atoms with E-state index >= 15 is 0 Å². The summed E-state index contributed by atoms with van der Waals surface area (Å²) in [6, 6.07) is 2.14. The van der Waals surface area contributed by atoms with Crippen molar-refractivity contribution in [2.75, 3.05) is 26.4 Å². The van der Waals surface area contributed by atoms with Gasteiger partial charge in [-0.2, -0.15) is 5.26 Å². The average molecular weight is 269 g/mol. The van der Waals surface area contributed by atoms with Gasteiger partial charge in [0, 0.05) is 39.3 Å². The van der Waals surface area contributed by atoms with E-state index in [1.807, 2.05) is 0 Å². The van der Waals surface area contributed by atoms with Crippen LogP contribution in [0.2, 0.25) is 0 Å². The van der Waals surface area contributed by atoms with Gasteiger partial charge in [0.05, 0.1) is 6.07 Å². The maximum atomic E-state index is 8.37. The summed E-state index contributed by atoms with van der Waals surface area (Å²) < 4.78 is 16.5. The highest BCUT2D eigenvalue weighted by molar-refractivity contribution is 4.67. The first-order valence-electron chi connectivity index (χ1n) is 7.61. The summed E-state index contributed by atoms with van der Waals surface area (Å²) in [5, 5.41) is 8.37. The van der Waals surface area contributed by atoms with Crippen molar-refractivity contribution in [3.63, 3.8) is 0 Å². The molecule has 4 nitrogen and oxygen atoms in total. The van der Waals surface area contributed by atoms with Crippen LogP contribution >= 0.6 is 0 Å². The molecule has 1 atom stereocenters. The molecule has 0 aromatic rings. The van der Waals surface area contributed by atoms with Gasteiger partial charge in [0.25, 0.3) is 0 Å². The van der Waals surface area contributed by atoms with Crippen molar-refractivity contribution in [1.82, 2.24) is 0 Å². The molecular formula is C15H27NO3. The third-order valence-electron chi connectivity index (χ3n) is 3.20. The lowest BCUT2D eigenvalue weighted by molar-refractivity contribution is -0.111. The van der Waals surface area contributed by atoms with Gasteiger partial charge >= 0.3 is 0 Å². The summed E-state index contributed by atoms with van der Waals surface area (Å²) >= 11 is 0. The van der Waals surface area contributed by atoms with E-state index < -0.39 is 0 Å². The molecule has 1 aliphatic heterocycles. The zero-order valence-electron chi connectivity index (χ0n) is 11.9. The number of nitrogens with zero attached hydrogens (tertiary/aromatic N) is 1. The molecule has 0 radical (unpaired) electrons. The van der Waals surface area contributed by atoms with E-state index in [2.05, 4.69) is 6.07 Å². The highest BCUT2D eigenvalue weighted by Crippen LogP contribution is 2.13. The molecule has 1 rings (SSSR count). The monoisotopic (exact) mass is 269 g/mol. The van der Waals surface area contributed by atoms with E-state index in [9.17, 15) is 0 Å². The third kappa shape index (κ3) is 9.89. The highest BCUT2D eigenvalue weighted by atomic mass is 16.7. The summed E-state index contributed by atoms with van der Waals surface area (Å²) in [5.74, 6) is 0. The summed E-state index contributed by atoms with van der Waals surface area (Å²) in [6.45, 7) is 3.32. The maximum Gasteiger partial charge on any atom is 0.157 e. The molecule has 0 bridgehead atoms. The van der Waals surface area contributed by atoms with Crippen molar-refractivity contribution in [2.24, 2.45) is 0 Å². The molecule has 0 saturated carbocycles. The summed E-state index contributed by atoms with van der Waals surface area (Å²) in [5.41, 5.74) is 0. The van der Waals surface area contributed by atoms with E-state index in [1.54, 1.807) is 0 Å². The lowest BCUT2D eigenvalue weighted by Crippen LogP contribution is -2.11. The Morgan fingerprint density at radius 3 is 2.42 bits per heavy atom. The number of rotatable bonds is 12. The van der Waals surface area contributed by atoms with Gasteiger partial charge in [0.15, 0.2) is 6.29 Å². The van der Waals surface area contributed by atoms with Crippen molar-refractivity contribution >= 4 is 0 Å². The van der Waals surface area contributed by atoms with Crippen LogP contribution in [0.25, 0.3) is 0 Å². The fourth-order valence-corrected chi connectivity index (χ4v) is 2.06. The lowest BCUT2D eigenvalue weighted by Gasteiger charge is -2.10. The standard InChI is InChI=1S/C15H27NO3/c16-10-4-3-6-12-17-11-5-1-2-7-13-18-15-9-8-14-19-15/h15H,1-9,11-14H2. The zero-order chi connectivity index (χ0) is 13.6. The van der Waals surface area contributed by atoms with Crippen LogP contribution in [0.1, 0.15) is 57.8 Å². The Bertz CT molecular complexity index is 234. The number of ether oxygens (including phenoxy) is 3. The van der Waals surface area contributed by atoms with Crippen LogP contribution in [0.3, 0.4) is 0 Å². The quantitative estimate of drug-likeness (QED) is 0.509. The minimum atomic E-state index is 0.0664. The molecule has 4 heteroatoms. The van der Waals surface area contributed by atoms with Crippen LogP contribution in [0.5, 0.6) is 0 Å². The summed E-state index contributed by atoms with van der Waals surface area (Å²) in [4.78, 5) is 0. The Labute approximate surface area is 117 Å². The molecule has 1 fully saturated rings. The molecule has 1 unspecified atom stereocenters. The molecule has 0 aliphatic carbocycles. The van der Waals surface area contributed by atoms with Crippen LogP contribution in [0.4, 0.5) is 0 Å². The van der Waals surface area contributed by atoms with Gasteiger partial charge in [-0.1, -0.05) is 12.8 Å². The first-order valence-corrected chi connectivity index (χ1v) is 7.61. The van der Waals surface area contributed by atoms with E-state index in [4.69, 9.17) is 19.5 Å². The van der Waals surface area contributed by atoms with E-state index in [0.29, 0.717) is 6.42 Å². The van der Waals surface area contributed by atoms with Gasteiger partial charge in [-0.25, -0.2) is 0 Å². The number of nitriles is 1. The topological polar surface area (TPSA) is 51.5 Å². The highest BCUT2D eigenvalue weighted by Gasteiger charge is 2.14. The van der Waals surface area contributed by atoms with Crippen LogP contribution in [0.15, 0.2) is 0 Å². The molecule has 110 valence electrons. The smallest absolute Gasteiger partial charge is 0.157 e. The summed E-state index contributed by atoms with van der Waals surface area (Å²) in [7, 11) is 0. The Morgan fingerprint density at radius 1 is 1.00 bits per heavy atom. The van der Waals surface area contributed by atoms with E-state index in [-0.39, 0.29) is 6.29 Å². The Hall–Kier alpha value is -0.630. The van der Waals surface area contributed by atoms with Gasteiger partial charge < -0.3 is 14.2 Å². The first-order chi connectivity index (χ1) is 9.43. The average Bonchev–Trinajstić information content (AvgIpc) is 2.93. The van der Waals surface area contributed by atoms with Crippen molar-refractivity contribution in [1.29, 1.82) is 5.26 Å². The number of unbranched alkanes of at least 4 members (excludes halogenated alkanes) is 5. The maximum absolute atomic E-state index is 8.37. The van der Waals surface area contributed by atoms with Gasteiger partial charge in [0.1, 0.15) is 0 Å². The first kappa shape index (κ1) is 16.4. The normalized spacial score (nSPS) is 18.6. The molecule has 0 aromatic carbocycles. The van der Waals surface area contributed by atoms with Crippen LogP contribution in [-0.2, 0) is 14.2 Å². The molecular weight excluding hydrogens is 242 g/mol. The molecule has 0 spiro atoms. The molecule has 0 N–H and O–H groups in total. The predicted molar refractivity (Wildman–Crippen MR) is 73.7 cm³/mol. The van der Waals surface area contributed by atoms with E-state index in [0.717, 1.165) is 65.0 Å². The second-order valence-electron chi connectivity index (χ2n) is 4.96. The van der Waals surface area contributed by atoms with Crippen LogP contribution < -0.4 is 0 Å². The van der Waals surface area contributed by atoms with Gasteiger partial charge in [-0.3, -0.25) is 0 Å². The van der Waals surface area contributed by atoms with Gasteiger partial charge in [-0.05, 0) is 32.1 Å². The molecule has 1 saturated heterocycles. The Balaban J connectivity index is 1.68. The SMILES string of the molecule is N#CCCCCOCCCCCCOC1CCCO1. The molecule has 1 aliphatic rings. The molecule has 0 amide bonds. The number of hydrogen-bond acceptors (Lipinski definition) is 4. The zero-order valence-corrected chi connectivity index (χ0v) is 11.9. The fourth-order valence-electron chi connectivity index (χ4n) is 2.06. The predicted octanol–water partition coefficient (Wildman–Crippen LogP) is 3.41. The molecule has 1 heterocycles. The number of hydrogen-bond donors (Lipinski definition) is 0. The third-order valence-corrected chi connectivity index (χ3v) is 3.20. The molecule has 0 aromatic heterocycles. The van der Waals surface area contributed by atoms with Crippen molar-refractivity contribution in [3.05, 3.63) is 0 Å². The second-order valence-corrected chi connectivity index (χ2v) is 4.96. The van der Waals surface area contributed by atoms with Crippen LogP contribution in [-0.4, -0.2) is 32.7 Å². The van der Waals surface area contributed by atoms with Crippen molar-refractivity contribution in [3.8, 4) is 6.07 Å². The largest absolute Gasteiger partial charge is 0.381 e. The van der Waals surface area contributed by atoms with Crippen molar-refractivity contribution in [2.45, 2.75) is 64.1 Å². The minimum absolute atomic E-state index is 0.0664.